The smallest absolute Gasteiger partial charge is 0.266 e. The predicted molar refractivity (Wildman–Crippen MR) is 105 cm³/mol. The van der Waals surface area contributed by atoms with Gasteiger partial charge in [-0.25, -0.2) is 0 Å². The standard InChI is InChI=1S/C20H19BrN2O3/c1-12-6-5-7-13(2)19(12)23-20(24)15(11-22)8-14-9-17(25-3)18(26-4)10-16(14)21/h5-10H,1-4H3,(H,23,24)/b15-8-. The minimum Gasteiger partial charge on any atom is -0.493 e. The Bertz CT molecular complexity index is 894. The van der Waals surface area contributed by atoms with E-state index in [0.717, 1.165) is 11.1 Å². The number of ether oxygens (including phenoxy) is 2. The van der Waals surface area contributed by atoms with Crippen molar-refractivity contribution in [3.8, 4) is 17.6 Å². The maximum atomic E-state index is 12.6. The van der Waals surface area contributed by atoms with Crippen molar-refractivity contribution in [2.45, 2.75) is 13.8 Å². The van der Waals surface area contributed by atoms with Crippen LogP contribution in [0.15, 0.2) is 40.4 Å². The zero-order valence-corrected chi connectivity index (χ0v) is 16.6. The molecule has 2 aromatic rings. The molecule has 1 N–H and O–H groups in total. The lowest BCUT2D eigenvalue weighted by molar-refractivity contribution is -0.112. The molecule has 2 rings (SSSR count). The van der Waals surface area contributed by atoms with Crippen molar-refractivity contribution >= 4 is 33.6 Å². The molecule has 26 heavy (non-hydrogen) atoms. The van der Waals surface area contributed by atoms with Gasteiger partial charge >= 0.3 is 0 Å². The van der Waals surface area contributed by atoms with E-state index in [0.29, 0.717) is 27.2 Å². The van der Waals surface area contributed by atoms with Crippen LogP contribution < -0.4 is 14.8 Å². The Hall–Kier alpha value is -2.78. The van der Waals surface area contributed by atoms with Crippen molar-refractivity contribution in [3.05, 3.63) is 57.1 Å². The van der Waals surface area contributed by atoms with Gasteiger partial charge in [-0.05, 0) is 48.7 Å². The molecule has 0 spiro atoms. The molecule has 0 aromatic heterocycles. The fourth-order valence-electron chi connectivity index (χ4n) is 2.48. The zero-order chi connectivity index (χ0) is 19.3. The number of nitrogens with one attached hydrogen (secondary N) is 1. The highest BCUT2D eigenvalue weighted by atomic mass is 79.9. The zero-order valence-electron chi connectivity index (χ0n) is 15.0. The number of amides is 1. The lowest BCUT2D eigenvalue weighted by atomic mass is 10.1. The van der Waals surface area contributed by atoms with Crippen LogP contribution in [0.25, 0.3) is 6.08 Å². The van der Waals surface area contributed by atoms with E-state index in [4.69, 9.17) is 9.47 Å². The maximum absolute atomic E-state index is 12.6. The molecular formula is C20H19BrN2O3. The Morgan fingerprint density at radius 3 is 2.27 bits per heavy atom. The Morgan fingerprint density at radius 2 is 1.73 bits per heavy atom. The first kappa shape index (κ1) is 19.5. The molecule has 0 atom stereocenters. The first-order valence-corrected chi connectivity index (χ1v) is 8.61. The number of carbonyl (C=O) groups is 1. The number of halogens is 1. The van der Waals surface area contributed by atoms with Gasteiger partial charge in [0.15, 0.2) is 11.5 Å². The van der Waals surface area contributed by atoms with Gasteiger partial charge in [0.2, 0.25) is 0 Å². The Kier molecular flexibility index (Phi) is 6.42. The molecule has 0 aliphatic carbocycles. The van der Waals surface area contributed by atoms with Gasteiger partial charge < -0.3 is 14.8 Å². The maximum Gasteiger partial charge on any atom is 0.266 e. The highest BCUT2D eigenvalue weighted by Crippen LogP contribution is 2.34. The Morgan fingerprint density at radius 1 is 1.15 bits per heavy atom. The van der Waals surface area contributed by atoms with Crippen LogP contribution >= 0.6 is 15.9 Å². The van der Waals surface area contributed by atoms with E-state index in [1.165, 1.54) is 13.2 Å². The number of carbonyl (C=O) groups excluding carboxylic acids is 1. The van der Waals surface area contributed by atoms with Gasteiger partial charge in [-0.15, -0.1) is 0 Å². The van der Waals surface area contributed by atoms with Crippen molar-refractivity contribution in [1.29, 1.82) is 5.26 Å². The number of nitriles is 1. The summed E-state index contributed by atoms with van der Waals surface area (Å²) in [7, 11) is 3.07. The molecule has 0 saturated carbocycles. The van der Waals surface area contributed by atoms with Gasteiger partial charge in [-0.1, -0.05) is 34.1 Å². The van der Waals surface area contributed by atoms with Gasteiger partial charge in [0.1, 0.15) is 11.6 Å². The highest BCUT2D eigenvalue weighted by molar-refractivity contribution is 9.10. The largest absolute Gasteiger partial charge is 0.493 e. The lowest BCUT2D eigenvalue weighted by Gasteiger charge is -2.12. The Balaban J connectivity index is 2.39. The van der Waals surface area contributed by atoms with Crippen LogP contribution in [0.3, 0.4) is 0 Å². The van der Waals surface area contributed by atoms with Crippen molar-refractivity contribution in [1.82, 2.24) is 0 Å². The molecular weight excluding hydrogens is 396 g/mol. The predicted octanol–water partition coefficient (Wildman–Crippen LogP) is 4.63. The van der Waals surface area contributed by atoms with Crippen molar-refractivity contribution in [2.75, 3.05) is 19.5 Å². The summed E-state index contributed by atoms with van der Waals surface area (Å²) in [5, 5.41) is 12.3. The number of nitrogens with zero attached hydrogens (tertiary/aromatic N) is 1. The summed E-state index contributed by atoms with van der Waals surface area (Å²) >= 11 is 3.43. The summed E-state index contributed by atoms with van der Waals surface area (Å²) < 4.78 is 11.2. The minimum absolute atomic E-state index is 0.0134. The van der Waals surface area contributed by atoms with Crippen molar-refractivity contribution < 1.29 is 14.3 Å². The molecule has 0 radical (unpaired) electrons. The second kappa shape index (κ2) is 8.54. The molecule has 0 heterocycles. The van der Waals surface area contributed by atoms with Gasteiger partial charge in [0.05, 0.1) is 14.2 Å². The molecule has 0 unspecified atom stereocenters. The number of hydrogen-bond acceptors (Lipinski definition) is 4. The minimum atomic E-state index is -0.466. The van der Waals surface area contributed by atoms with Crippen LogP contribution in [0.2, 0.25) is 0 Å². The van der Waals surface area contributed by atoms with Crippen LogP contribution in [-0.2, 0) is 4.79 Å². The molecule has 0 saturated heterocycles. The topological polar surface area (TPSA) is 71.3 Å². The average molecular weight is 415 g/mol. The normalized spacial score (nSPS) is 10.8. The molecule has 2 aromatic carbocycles. The number of anilines is 1. The molecule has 0 aliphatic heterocycles. The van der Waals surface area contributed by atoms with Crippen molar-refractivity contribution in [2.24, 2.45) is 0 Å². The third kappa shape index (κ3) is 4.24. The SMILES string of the molecule is COc1cc(Br)c(/C=C(/C#N)C(=O)Nc2c(C)cccc2C)cc1OC. The number of hydrogen-bond donors (Lipinski definition) is 1. The van der Waals surface area contributed by atoms with Crippen LogP contribution in [-0.4, -0.2) is 20.1 Å². The number of methoxy groups -OCH3 is 2. The average Bonchev–Trinajstić information content (AvgIpc) is 2.63. The van der Waals surface area contributed by atoms with Gasteiger partial charge in [-0.3, -0.25) is 4.79 Å². The van der Waals surface area contributed by atoms with Gasteiger partial charge in [-0.2, -0.15) is 5.26 Å². The third-order valence-electron chi connectivity index (χ3n) is 3.89. The fraction of sp³-hybridized carbons (Fsp3) is 0.200. The number of para-hydroxylation sites is 1. The lowest BCUT2D eigenvalue weighted by Crippen LogP contribution is -2.15. The quantitative estimate of drug-likeness (QED) is 0.571. The fourth-order valence-corrected chi connectivity index (χ4v) is 2.91. The number of rotatable bonds is 5. The summed E-state index contributed by atoms with van der Waals surface area (Å²) in [4.78, 5) is 12.6. The molecule has 1 amide bonds. The Labute approximate surface area is 161 Å². The van der Waals surface area contributed by atoms with Gasteiger partial charge in [0, 0.05) is 10.2 Å². The van der Waals surface area contributed by atoms with E-state index in [1.807, 2.05) is 38.1 Å². The highest BCUT2D eigenvalue weighted by Gasteiger charge is 2.14. The number of benzene rings is 2. The molecule has 5 nitrogen and oxygen atoms in total. The first-order chi connectivity index (χ1) is 12.4. The van der Waals surface area contributed by atoms with Crippen LogP contribution in [0.5, 0.6) is 11.5 Å². The van der Waals surface area contributed by atoms with E-state index < -0.39 is 5.91 Å². The van der Waals surface area contributed by atoms with E-state index in [-0.39, 0.29) is 5.57 Å². The van der Waals surface area contributed by atoms with E-state index in [2.05, 4.69) is 21.2 Å². The molecule has 6 heteroatoms. The second-order valence-electron chi connectivity index (χ2n) is 5.62. The molecule has 134 valence electrons. The van der Waals surface area contributed by atoms with E-state index >= 15 is 0 Å². The third-order valence-corrected chi connectivity index (χ3v) is 4.57. The summed E-state index contributed by atoms with van der Waals surface area (Å²) in [6, 6.07) is 11.1. The first-order valence-electron chi connectivity index (χ1n) is 7.82. The summed E-state index contributed by atoms with van der Waals surface area (Å²) in [5.41, 5.74) is 3.20. The van der Waals surface area contributed by atoms with E-state index in [1.54, 1.807) is 19.2 Å². The molecule has 0 bridgehead atoms. The number of aryl methyl sites for hydroxylation is 2. The van der Waals surface area contributed by atoms with Crippen LogP contribution in [0, 0.1) is 25.2 Å². The van der Waals surface area contributed by atoms with E-state index in [9.17, 15) is 10.1 Å². The molecule has 0 aliphatic rings. The summed E-state index contributed by atoms with van der Waals surface area (Å²) in [6.45, 7) is 3.81. The van der Waals surface area contributed by atoms with Crippen LogP contribution in [0.1, 0.15) is 16.7 Å². The molecule has 0 fully saturated rings. The summed E-state index contributed by atoms with van der Waals surface area (Å²) in [5.74, 6) is 0.594. The van der Waals surface area contributed by atoms with Gasteiger partial charge in [0.25, 0.3) is 5.91 Å². The second-order valence-corrected chi connectivity index (χ2v) is 6.47. The monoisotopic (exact) mass is 414 g/mol. The van der Waals surface area contributed by atoms with Crippen molar-refractivity contribution in [3.63, 3.8) is 0 Å². The summed E-state index contributed by atoms with van der Waals surface area (Å²) in [6.07, 6.45) is 1.51. The van der Waals surface area contributed by atoms with Crippen LogP contribution in [0.4, 0.5) is 5.69 Å².